The molecule has 2 rings (SSSR count). The standard InChI is InChI=1S/C16H24N6O3/c1-10(2)7-13(16(23)24)12(15-19-21-22-20-15)8-11-3-4-14(18-9-11)25-6-5-17/h3-4,9-10,12-13H,5-8,17H2,1-2H3,(H,23,24)(H,19,20,21,22). The van der Waals surface area contributed by atoms with E-state index in [0.717, 1.165) is 5.56 Å². The van der Waals surface area contributed by atoms with E-state index in [1.54, 1.807) is 12.3 Å². The van der Waals surface area contributed by atoms with Gasteiger partial charge in [-0.05, 0) is 24.3 Å². The van der Waals surface area contributed by atoms with Crippen molar-refractivity contribution in [2.75, 3.05) is 13.2 Å². The molecule has 0 aliphatic carbocycles. The highest BCUT2D eigenvalue weighted by Gasteiger charge is 2.33. The molecular weight excluding hydrogens is 324 g/mol. The van der Waals surface area contributed by atoms with Crippen molar-refractivity contribution in [3.05, 3.63) is 29.7 Å². The summed E-state index contributed by atoms with van der Waals surface area (Å²) in [7, 11) is 0. The van der Waals surface area contributed by atoms with E-state index in [1.165, 1.54) is 0 Å². The lowest BCUT2D eigenvalue weighted by Crippen LogP contribution is -2.26. The van der Waals surface area contributed by atoms with Gasteiger partial charge in [0.1, 0.15) is 6.61 Å². The van der Waals surface area contributed by atoms with Crippen LogP contribution in [-0.2, 0) is 11.2 Å². The number of pyridine rings is 1. The zero-order valence-electron chi connectivity index (χ0n) is 14.4. The smallest absolute Gasteiger partial charge is 0.307 e. The number of carbonyl (C=O) groups is 1. The van der Waals surface area contributed by atoms with Crippen molar-refractivity contribution in [3.63, 3.8) is 0 Å². The first-order valence-electron chi connectivity index (χ1n) is 8.25. The average molecular weight is 348 g/mol. The Hall–Kier alpha value is -2.55. The van der Waals surface area contributed by atoms with Gasteiger partial charge in [-0.2, -0.15) is 5.21 Å². The molecule has 25 heavy (non-hydrogen) atoms. The summed E-state index contributed by atoms with van der Waals surface area (Å²) in [6.45, 7) is 4.80. The number of H-pyrrole nitrogens is 1. The largest absolute Gasteiger partial charge is 0.481 e. The van der Waals surface area contributed by atoms with Gasteiger partial charge in [0.25, 0.3) is 0 Å². The number of aromatic nitrogens is 5. The SMILES string of the molecule is CC(C)CC(C(=O)O)C(Cc1ccc(OCCN)nc1)c1nn[nH]n1. The summed E-state index contributed by atoms with van der Waals surface area (Å²) < 4.78 is 5.36. The first-order valence-corrected chi connectivity index (χ1v) is 8.25. The molecule has 2 atom stereocenters. The number of hydrogen-bond acceptors (Lipinski definition) is 7. The predicted molar refractivity (Wildman–Crippen MR) is 90.0 cm³/mol. The maximum Gasteiger partial charge on any atom is 0.307 e. The van der Waals surface area contributed by atoms with E-state index in [-0.39, 0.29) is 5.92 Å². The van der Waals surface area contributed by atoms with Crippen molar-refractivity contribution in [3.8, 4) is 5.88 Å². The molecule has 0 fully saturated rings. The van der Waals surface area contributed by atoms with Gasteiger partial charge in [0.2, 0.25) is 5.88 Å². The van der Waals surface area contributed by atoms with Gasteiger partial charge in [-0.3, -0.25) is 4.79 Å². The third-order valence-electron chi connectivity index (χ3n) is 3.84. The van der Waals surface area contributed by atoms with Gasteiger partial charge < -0.3 is 15.6 Å². The summed E-state index contributed by atoms with van der Waals surface area (Å²) in [5.41, 5.74) is 6.28. The summed E-state index contributed by atoms with van der Waals surface area (Å²) in [5, 5.41) is 23.7. The first kappa shape index (κ1) is 18.8. The molecular formula is C16H24N6O3. The number of nitrogens with two attached hydrogens (primary N) is 1. The van der Waals surface area contributed by atoms with Gasteiger partial charge in [0, 0.05) is 24.7 Å². The van der Waals surface area contributed by atoms with Crippen molar-refractivity contribution >= 4 is 5.97 Å². The number of hydrogen-bond donors (Lipinski definition) is 3. The Balaban J connectivity index is 2.20. The van der Waals surface area contributed by atoms with Gasteiger partial charge in [0.05, 0.1) is 5.92 Å². The zero-order valence-corrected chi connectivity index (χ0v) is 14.4. The molecule has 0 saturated heterocycles. The van der Waals surface area contributed by atoms with Crippen LogP contribution in [0.2, 0.25) is 0 Å². The normalized spacial score (nSPS) is 13.6. The highest BCUT2D eigenvalue weighted by atomic mass is 16.5. The molecule has 4 N–H and O–H groups in total. The van der Waals surface area contributed by atoms with Crippen LogP contribution in [0.15, 0.2) is 18.3 Å². The van der Waals surface area contributed by atoms with Crippen LogP contribution in [0, 0.1) is 11.8 Å². The second-order valence-electron chi connectivity index (χ2n) is 6.30. The van der Waals surface area contributed by atoms with Crippen LogP contribution in [-0.4, -0.2) is 49.8 Å². The molecule has 0 aliphatic rings. The summed E-state index contributed by atoms with van der Waals surface area (Å²) in [6.07, 6.45) is 2.65. The van der Waals surface area contributed by atoms with Crippen molar-refractivity contribution in [2.45, 2.75) is 32.6 Å². The van der Waals surface area contributed by atoms with Gasteiger partial charge in [-0.15, -0.1) is 10.2 Å². The summed E-state index contributed by atoms with van der Waals surface area (Å²) in [6, 6.07) is 3.61. The van der Waals surface area contributed by atoms with Gasteiger partial charge >= 0.3 is 5.97 Å². The Morgan fingerprint density at radius 2 is 2.20 bits per heavy atom. The number of carboxylic acid groups (broad SMARTS) is 1. The molecule has 136 valence electrons. The van der Waals surface area contributed by atoms with Crippen LogP contribution in [0.4, 0.5) is 0 Å². The average Bonchev–Trinajstić information content (AvgIpc) is 3.11. The molecule has 0 amide bonds. The van der Waals surface area contributed by atoms with E-state index < -0.39 is 17.8 Å². The zero-order chi connectivity index (χ0) is 18.2. The van der Waals surface area contributed by atoms with E-state index in [4.69, 9.17) is 10.5 Å². The van der Waals surface area contributed by atoms with Crippen LogP contribution >= 0.6 is 0 Å². The van der Waals surface area contributed by atoms with E-state index in [1.807, 2.05) is 19.9 Å². The highest BCUT2D eigenvalue weighted by molar-refractivity contribution is 5.71. The number of carboxylic acids is 1. The van der Waals surface area contributed by atoms with Gasteiger partial charge in [-0.1, -0.05) is 25.1 Å². The monoisotopic (exact) mass is 348 g/mol. The topological polar surface area (TPSA) is 140 Å². The number of rotatable bonds is 10. The number of nitrogens with zero attached hydrogens (tertiary/aromatic N) is 4. The third kappa shape index (κ3) is 5.49. The van der Waals surface area contributed by atoms with Crippen LogP contribution in [0.5, 0.6) is 5.88 Å². The van der Waals surface area contributed by atoms with Gasteiger partial charge in [-0.25, -0.2) is 4.98 Å². The minimum Gasteiger partial charge on any atom is -0.481 e. The van der Waals surface area contributed by atoms with E-state index in [9.17, 15) is 9.90 Å². The molecule has 0 aliphatic heterocycles. The maximum atomic E-state index is 11.8. The second-order valence-corrected chi connectivity index (χ2v) is 6.30. The lowest BCUT2D eigenvalue weighted by Gasteiger charge is -2.23. The molecule has 2 aromatic rings. The Morgan fingerprint density at radius 1 is 1.40 bits per heavy atom. The molecule has 9 heteroatoms. The Kier molecular flexibility index (Phi) is 6.81. The van der Waals surface area contributed by atoms with Crippen LogP contribution < -0.4 is 10.5 Å². The maximum absolute atomic E-state index is 11.8. The summed E-state index contributed by atoms with van der Waals surface area (Å²) in [5.74, 6) is -0.735. The van der Waals surface area contributed by atoms with Crippen molar-refractivity contribution < 1.29 is 14.6 Å². The lowest BCUT2D eigenvalue weighted by molar-refractivity contribution is -0.143. The molecule has 0 saturated carbocycles. The first-order chi connectivity index (χ1) is 12.0. The fourth-order valence-corrected chi connectivity index (χ4v) is 2.72. The highest BCUT2D eigenvalue weighted by Crippen LogP contribution is 2.31. The summed E-state index contributed by atoms with van der Waals surface area (Å²) in [4.78, 5) is 16.0. The minimum atomic E-state index is -0.862. The Bertz CT molecular complexity index is 644. The molecule has 0 spiro atoms. The van der Waals surface area contributed by atoms with Crippen molar-refractivity contribution in [1.29, 1.82) is 0 Å². The number of ether oxygens (including phenoxy) is 1. The summed E-state index contributed by atoms with van der Waals surface area (Å²) >= 11 is 0. The number of aliphatic carboxylic acids is 1. The molecule has 0 aromatic carbocycles. The van der Waals surface area contributed by atoms with Crippen LogP contribution in [0.1, 0.15) is 37.6 Å². The van der Waals surface area contributed by atoms with Crippen molar-refractivity contribution in [1.82, 2.24) is 25.6 Å². The third-order valence-corrected chi connectivity index (χ3v) is 3.84. The van der Waals surface area contributed by atoms with Crippen LogP contribution in [0.25, 0.3) is 0 Å². The minimum absolute atomic E-state index is 0.237. The Morgan fingerprint density at radius 3 is 2.72 bits per heavy atom. The van der Waals surface area contributed by atoms with Gasteiger partial charge in [0.15, 0.2) is 5.82 Å². The molecule has 9 nitrogen and oxygen atoms in total. The quantitative estimate of drug-likeness (QED) is 0.578. The molecule has 0 bridgehead atoms. The van der Waals surface area contributed by atoms with E-state index in [0.29, 0.717) is 37.7 Å². The molecule has 2 heterocycles. The fraction of sp³-hybridized carbons (Fsp3) is 0.562. The predicted octanol–water partition coefficient (Wildman–Crippen LogP) is 1.01. The number of nitrogens with one attached hydrogen (secondary N) is 1. The second kappa shape index (κ2) is 9.07. The number of aromatic amines is 1. The van der Waals surface area contributed by atoms with Crippen molar-refractivity contribution in [2.24, 2.45) is 17.6 Å². The molecule has 0 radical (unpaired) electrons. The fourth-order valence-electron chi connectivity index (χ4n) is 2.72. The molecule has 2 unspecified atom stereocenters. The molecule has 2 aromatic heterocycles. The lowest BCUT2D eigenvalue weighted by atomic mass is 9.81. The number of tetrazole rings is 1. The Labute approximate surface area is 146 Å². The van der Waals surface area contributed by atoms with Crippen LogP contribution in [0.3, 0.4) is 0 Å². The van der Waals surface area contributed by atoms with E-state index in [2.05, 4.69) is 25.6 Å². The van der Waals surface area contributed by atoms with E-state index >= 15 is 0 Å².